The molecule has 0 bridgehead atoms. The third kappa shape index (κ3) is 6.45. The normalized spacial score (nSPS) is 11.0. The first-order valence-electron chi connectivity index (χ1n) is 8.58. The van der Waals surface area contributed by atoms with E-state index in [1.165, 1.54) is 13.3 Å². The van der Waals surface area contributed by atoms with Crippen LogP contribution in [-0.2, 0) is 4.74 Å². The van der Waals surface area contributed by atoms with E-state index in [1.54, 1.807) is 37.4 Å². The van der Waals surface area contributed by atoms with Crippen molar-refractivity contribution in [2.75, 3.05) is 32.8 Å². The Morgan fingerprint density at radius 3 is 2.44 bits per heavy atom. The van der Waals surface area contributed by atoms with Crippen LogP contribution in [0.1, 0.15) is 31.1 Å². The first kappa shape index (κ1) is 20.5. The van der Waals surface area contributed by atoms with Gasteiger partial charge in [-0.2, -0.15) is 0 Å². The Morgan fingerprint density at radius 2 is 1.85 bits per heavy atom. The number of nitrogens with one attached hydrogen (secondary N) is 1. The van der Waals surface area contributed by atoms with Gasteiger partial charge in [0.1, 0.15) is 18.1 Å². The third-order valence-electron chi connectivity index (χ3n) is 3.52. The molecule has 2 rings (SSSR count). The van der Waals surface area contributed by atoms with Gasteiger partial charge in [0.25, 0.3) is 5.91 Å². The van der Waals surface area contributed by atoms with E-state index in [1.807, 2.05) is 20.8 Å². The second-order valence-corrected chi connectivity index (χ2v) is 6.71. The molecule has 0 spiro atoms. The number of hydrogen-bond acceptors (Lipinski definition) is 6. The lowest BCUT2D eigenvalue weighted by atomic mass is 10.2. The van der Waals surface area contributed by atoms with Crippen LogP contribution in [0.3, 0.4) is 0 Å². The van der Waals surface area contributed by atoms with E-state index in [-0.39, 0.29) is 11.5 Å². The van der Waals surface area contributed by atoms with Gasteiger partial charge < -0.3 is 24.3 Å². The van der Waals surface area contributed by atoms with Gasteiger partial charge in [-0.25, -0.2) is 4.98 Å². The van der Waals surface area contributed by atoms with Crippen LogP contribution >= 0.6 is 0 Å². The van der Waals surface area contributed by atoms with Crippen molar-refractivity contribution in [3.05, 3.63) is 42.1 Å². The van der Waals surface area contributed by atoms with Crippen molar-refractivity contribution in [3.8, 4) is 17.4 Å². The van der Waals surface area contributed by atoms with Gasteiger partial charge >= 0.3 is 0 Å². The third-order valence-corrected chi connectivity index (χ3v) is 3.52. The molecule has 27 heavy (non-hydrogen) atoms. The summed E-state index contributed by atoms with van der Waals surface area (Å²) >= 11 is 0. The quantitative estimate of drug-likeness (QED) is 0.712. The van der Waals surface area contributed by atoms with E-state index in [0.717, 1.165) is 0 Å². The van der Waals surface area contributed by atoms with Crippen molar-refractivity contribution in [3.63, 3.8) is 0 Å². The summed E-state index contributed by atoms with van der Waals surface area (Å²) in [5.41, 5.74) is 0.708. The fourth-order valence-electron chi connectivity index (χ4n) is 2.20. The zero-order valence-corrected chi connectivity index (χ0v) is 16.4. The Morgan fingerprint density at radius 1 is 1.07 bits per heavy atom. The fourth-order valence-corrected chi connectivity index (χ4v) is 2.20. The molecule has 0 atom stereocenters. The van der Waals surface area contributed by atoms with Crippen LogP contribution in [-0.4, -0.2) is 43.9 Å². The second kappa shape index (κ2) is 9.23. The first-order valence-corrected chi connectivity index (χ1v) is 8.58. The van der Waals surface area contributed by atoms with Crippen molar-refractivity contribution >= 4 is 11.6 Å². The van der Waals surface area contributed by atoms with Crippen LogP contribution in [0.25, 0.3) is 0 Å². The van der Waals surface area contributed by atoms with Crippen molar-refractivity contribution < 1.29 is 23.7 Å². The molecule has 0 radical (unpaired) electrons. The molecule has 1 heterocycles. The van der Waals surface area contributed by atoms with Gasteiger partial charge in [0.05, 0.1) is 37.7 Å². The average molecular weight is 374 g/mol. The second-order valence-electron chi connectivity index (χ2n) is 6.71. The van der Waals surface area contributed by atoms with Gasteiger partial charge in [-0.1, -0.05) is 0 Å². The summed E-state index contributed by atoms with van der Waals surface area (Å²) in [4.78, 5) is 16.6. The van der Waals surface area contributed by atoms with Crippen LogP contribution in [0.4, 0.5) is 5.69 Å². The average Bonchev–Trinajstić information content (AvgIpc) is 2.64. The fraction of sp³-hybridized carbons (Fsp3) is 0.400. The van der Waals surface area contributed by atoms with E-state index in [9.17, 15) is 4.79 Å². The first-order chi connectivity index (χ1) is 12.8. The highest BCUT2D eigenvalue weighted by atomic mass is 16.5. The standard InChI is InChI=1S/C20H26N2O5/c1-20(2,3)27-11-10-26-18-9-6-14(13-21-18)19(23)22-16-12-15(24-4)7-8-17(16)25-5/h6-9,12-13H,10-11H2,1-5H3,(H,22,23). The van der Waals surface area contributed by atoms with E-state index in [4.69, 9.17) is 18.9 Å². The molecule has 2 aromatic rings. The molecule has 0 aliphatic rings. The molecule has 146 valence electrons. The molecule has 7 heteroatoms. The van der Waals surface area contributed by atoms with Crippen molar-refractivity contribution in [2.45, 2.75) is 26.4 Å². The van der Waals surface area contributed by atoms with Crippen molar-refractivity contribution in [2.24, 2.45) is 0 Å². The number of amides is 1. The number of rotatable bonds is 8. The summed E-state index contributed by atoms with van der Waals surface area (Å²) in [5, 5.41) is 2.80. The zero-order valence-electron chi connectivity index (χ0n) is 16.4. The number of carbonyl (C=O) groups is 1. The molecule has 1 amide bonds. The van der Waals surface area contributed by atoms with Crippen LogP contribution in [0.2, 0.25) is 0 Å². The molecule has 1 N–H and O–H groups in total. The summed E-state index contributed by atoms with van der Waals surface area (Å²) in [6.45, 7) is 6.79. The lowest BCUT2D eigenvalue weighted by molar-refractivity contribution is -0.0168. The van der Waals surface area contributed by atoms with Gasteiger partial charge in [-0.05, 0) is 39.0 Å². The number of pyridine rings is 1. The Bertz CT molecular complexity index is 754. The predicted molar refractivity (Wildman–Crippen MR) is 103 cm³/mol. The molecule has 0 aliphatic carbocycles. The molecule has 1 aromatic heterocycles. The number of methoxy groups -OCH3 is 2. The van der Waals surface area contributed by atoms with Crippen molar-refractivity contribution in [1.29, 1.82) is 0 Å². The molecule has 0 unspecified atom stereocenters. The lowest BCUT2D eigenvalue weighted by Crippen LogP contribution is -2.22. The topological polar surface area (TPSA) is 78.9 Å². The number of ether oxygens (including phenoxy) is 4. The minimum atomic E-state index is -0.309. The van der Waals surface area contributed by atoms with E-state index in [0.29, 0.717) is 41.8 Å². The molecule has 0 saturated carbocycles. The lowest BCUT2D eigenvalue weighted by Gasteiger charge is -2.19. The minimum Gasteiger partial charge on any atom is -0.497 e. The van der Waals surface area contributed by atoms with Gasteiger partial charge in [-0.3, -0.25) is 4.79 Å². The SMILES string of the molecule is COc1ccc(OC)c(NC(=O)c2ccc(OCCOC(C)(C)C)nc2)c1. The highest BCUT2D eigenvalue weighted by molar-refractivity contribution is 6.05. The van der Waals surface area contributed by atoms with E-state index < -0.39 is 0 Å². The number of aromatic nitrogens is 1. The molecular formula is C20H26N2O5. The van der Waals surface area contributed by atoms with Crippen LogP contribution in [0.15, 0.2) is 36.5 Å². The molecule has 0 saturated heterocycles. The molecule has 0 fully saturated rings. The number of anilines is 1. The van der Waals surface area contributed by atoms with Gasteiger partial charge in [0.15, 0.2) is 0 Å². The molecule has 1 aromatic carbocycles. The number of hydrogen-bond donors (Lipinski definition) is 1. The van der Waals surface area contributed by atoms with Gasteiger partial charge in [0, 0.05) is 18.3 Å². The summed E-state index contributed by atoms with van der Waals surface area (Å²) in [5.74, 6) is 1.28. The Labute approximate surface area is 159 Å². The minimum absolute atomic E-state index is 0.208. The van der Waals surface area contributed by atoms with E-state index in [2.05, 4.69) is 10.3 Å². The number of benzene rings is 1. The smallest absolute Gasteiger partial charge is 0.257 e. The van der Waals surface area contributed by atoms with Gasteiger partial charge in [0.2, 0.25) is 5.88 Å². The number of nitrogens with zero attached hydrogens (tertiary/aromatic N) is 1. The Kier molecular flexibility index (Phi) is 7.01. The monoisotopic (exact) mass is 374 g/mol. The highest BCUT2D eigenvalue weighted by Gasteiger charge is 2.12. The van der Waals surface area contributed by atoms with Crippen LogP contribution < -0.4 is 19.5 Å². The van der Waals surface area contributed by atoms with Crippen LogP contribution in [0, 0.1) is 0 Å². The van der Waals surface area contributed by atoms with Gasteiger partial charge in [-0.15, -0.1) is 0 Å². The van der Waals surface area contributed by atoms with Crippen LogP contribution in [0.5, 0.6) is 17.4 Å². The summed E-state index contributed by atoms with van der Waals surface area (Å²) in [6.07, 6.45) is 1.46. The predicted octanol–water partition coefficient (Wildman–Crippen LogP) is 3.55. The summed E-state index contributed by atoms with van der Waals surface area (Å²) in [7, 11) is 3.09. The Hall–Kier alpha value is -2.80. The molecule has 0 aliphatic heterocycles. The Balaban J connectivity index is 1.96. The maximum atomic E-state index is 12.5. The molecule has 7 nitrogen and oxygen atoms in total. The number of carbonyl (C=O) groups excluding carboxylic acids is 1. The molecular weight excluding hydrogens is 348 g/mol. The maximum Gasteiger partial charge on any atom is 0.257 e. The zero-order chi connectivity index (χ0) is 19.9. The maximum absolute atomic E-state index is 12.5. The summed E-state index contributed by atoms with van der Waals surface area (Å²) in [6, 6.07) is 8.47. The highest BCUT2D eigenvalue weighted by Crippen LogP contribution is 2.29. The van der Waals surface area contributed by atoms with E-state index >= 15 is 0 Å². The van der Waals surface area contributed by atoms with Crippen molar-refractivity contribution in [1.82, 2.24) is 4.98 Å². The summed E-state index contributed by atoms with van der Waals surface area (Å²) < 4.78 is 21.5. The largest absolute Gasteiger partial charge is 0.497 e.